The molecule has 0 spiro atoms. The van der Waals surface area contributed by atoms with Crippen LogP contribution in [0.5, 0.6) is 0 Å². The molecule has 0 aliphatic carbocycles. The Kier molecular flexibility index (Phi) is 102. The van der Waals surface area contributed by atoms with Crippen LogP contribution in [0.1, 0.15) is 0 Å². The van der Waals surface area contributed by atoms with Gasteiger partial charge in [0, 0.05) is 108 Å². The van der Waals surface area contributed by atoms with Crippen LogP contribution in [0, 0.1) is 0 Å². The van der Waals surface area contributed by atoms with E-state index in [1.165, 1.54) is 0 Å². The van der Waals surface area contributed by atoms with Crippen molar-refractivity contribution in [1.29, 1.82) is 0 Å². The summed E-state index contributed by atoms with van der Waals surface area (Å²) in [5, 5.41) is 0. The minimum absolute atomic E-state index is 0. The van der Waals surface area contributed by atoms with Gasteiger partial charge in [-0.05, 0) is 0 Å². The third-order valence-corrected chi connectivity index (χ3v) is 0. The Hall–Kier alpha value is 3.62. The summed E-state index contributed by atoms with van der Waals surface area (Å²) in [5.74, 6) is 0. The van der Waals surface area contributed by atoms with Crippen molar-refractivity contribution in [2.75, 3.05) is 0 Å². The molecule has 5 valence electrons. The van der Waals surface area contributed by atoms with Gasteiger partial charge < -0.3 is 0 Å². The second-order valence-electron chi connectivity index (χ2n) is 0. The van der Waals surface area contributed by atoms with E-state index in [0.29, 0.717) is 0 Å². The molecular weight excluding hydrogens is 134 g/mol. The molecule has 0 N–H and O–H groups in total. The molecule has 0 saturated carbocycles. The van der Waals surface area contributed by atoms with Gasteiger partial charge in [-0.1, -0.05) is 0 Å². The van der Waals surface area contributed by atoms with Gasteiger partial charge in [0.2, 0.25) is 0 Å². The Balaban J connectivity index is 0. The summed E-state index contributed by atoms with van der Waals surface area (Å²) in [7, 11) is 0. The van der Waals surface area contributed by atoms with E-state index in [4.69, 9.17) is 0 Å². The molecule has 0 aromatic rings. The Labute approximate surface area is 105 Å². The largest absolute Gasteiger partial charge is 0 e. The SMILES string of the molecule is [Na].[Na].[Na].[Zn]. The van der Waals surface area contributed by atoms with Crippen molar-refractivity contribution >= 4 is 88.7 Å². The number of hydrogen-bond donors (Lipinski definition) is 0. The normalized spacial score (nSPS) is 0. The minimum atomic E-state index is 0. The predicted molar refractivity (Wildman–Crippen MR) is 17.3 cm³/mol. The van der Waals surface area contributed by atoms with E-state index in [-0.39, 0.29) is 108 Å². The first-order valence-corrected chi connectivity index (χ1v) is 0. The summed E-state index contributed by atoms with van der Waals surface area (Å²) in [4.78, 5) is 0. The summed E-state index contributed by atoms with van der Waals surface area (Å²) in [6, 6.07) is 0. The van der Waals surface area contributed by atoms with E-state index in [0.717, 1.165) is 0 Å². The predicted octanol–water partition coefficient (Wildman–Crippen LogP) is -1.14. The average molecular weight is 134 g/mol. The zero-order valence-corrected chi connectivity index (χ0v) is 12.7. The molecule has 0 unspecified atom stereocenters. The quantitative estimate of drug-likeness (QED) is 0.367. The Bertz CT molecular complexity index is 3.25. The fourth-order valence-electron chi connectivity index (χ4n) is 0. The van der Waals surface area contributed by atoms with Crippen LogP contribution in [0.4, 0.5) is 0 Å². The molecule has 0 fully saturated rings. The van der Waals surface area contributed by atoms with Gasteiger partial charge in [0.1, 0.15) is 0 Å². The topological polar surface area (TPSA) is 0 Å². The molecule has 0 aromatic heterocycles. The maximum absolute atomic E-state index is 0. The first-order valence-electron chi connectivity index (χ1n) is 0. The van der Waals surface area contributed by atoms with Crippen molar-refractivity contribution in [3.8, 4) is 0 Å². The summed E-state index contributed by atoms with van der Waals surface area (Å²) < 4.78 is 0. The molecule has 3 radical (unpaired) electrons. The molecule has 4 heavy (non-hydrogen) atoms. The fourth-order valence-corrected chi connectivity index (χ4v) is 0. The standard InChI is InChI=1S/3Na.Zn. The molecule has 0 aromatic carbocycles. The van der Waals surface area contributed by atoms with E-state index in [1.807, 2.05) is 0 Å². The third kappa shape index (κ3) is 9.16. The van der Waals surface area contributed by atoms with Gasteiger partial charge in [0.15, 0.2) is 0 Å². The van der Waals surface area contributed by atoms with Gasteiger partial charge in [-0.25, -0.2) is 0 Å². The van der Waals surface area contributed by atoms with Crippen molar-refractivity contribution < 1.29 is 19.5 Å². The molecule has 0 saturated heterocycles. The zero-order chi connectivity index (χ0) is 0. The van der Waals surface area contributed by atoms with Gasteiger partial charge >= 0.3 is 0 Å². The molecule has 0 nitrogen and oxygen atoms in total. The van der Waals surface area contributed by atoms with Crippen LogP contribution in [0.2, 0.25) is 0 Å². The molecule has 0 rings (SSSR count). The summed E-state index contributed by atoms with van der Waals surface area (Å²) in [5.41, 5.74) is 0. The van der Waals surface area contributed by atoms with Crippen molar-refractivity contribution in [1.82, 2.24) is 0 Å². The molecule has 0 aliphatic rings. The summed E-state index contributed by atoms with van der Waals surface area (Å²) in [6.07, 6.45) is 0. The van der Waals surface area contributed by atoms with E-state index >= 15 is 0 Å². The van der Waals surface area contributed by atoms with Crippen LogP contribution >= 0.6 is 0 Å². The van der Waals surface area contributed by atoms with E-state index in [9.17, 15) is 0 Å². The maximum Gasteiger partial charge on any atom is 0 e. The van der Waals surface area contributed by atoms with Crippen molar-refractivity contribution in [2.24, 2.45) is 0 Å². The Morgan fingerprint density at radius 2 is 0.500 bits per heavy atom. The van der Waals surface area contributed by atoms with Gasteiger partial charge in [-0.3, -0.25) is 0 Å². The maximum atomic E-state index is 0. The van der Waals surface area contributed by atoms with Gasteiger partial charge in [-0.2, -0.15) is 0 Å². The molecule has 4 heteroatoms. The summed E-state index contributed by atoms with van der Waals surface area (Å²) >= 11 is 0. The zero-order valence-electron chi connectivity index (χ0n) is 3.71. The summed E-state index contributed by atoms with van der Waals surface area (Å²) in [6.45, 7) is 0. The number of rotatable bonds is 0. The van der Waals surface area contributed by atoms with Crippen molar-refractivity contribution in [3.05, 3.63) is 0 Å². The van der Waals surface area contributed by atoms with Crippen LogP contribution < -0.4 is 0 Å². The van der Waals surface area contributed by atoms with E-state index in [2.05, 4.69) is 0 Å². The first-order chi connectivity index (χ1) is 0. The van der Waals surface area contributed by atoms with Crippen molar-refractivity contribution in [3.63, 3.8) is 0 Å². The van der Waals surface area contributed by atoms with Crippen LogP contribution in [0.15, 0.2) is 0 Å². The van der Waals surface area contributed by atoms with Gasteiger partial charge in [0.05, 0.1) is 0 Å². The monoisotopic (exact) mass is 133 g/mol. The smallest absolute Gasteiger partial charge is 0 e. The van der Waals surface area contributed by atoms with E-state index < -0.39 is 0 Å². The molecule has 0 atom stereocenters. The van der Waals surface area contributed by atoms with Crippen LogP contribution in [0.3, 0.4) is 0 Å². The molecule has 0 heterocycles. The molecule has 0 aliphatic heterocycles. The first kappa shape index (κ1) is 25.5. The van der Waals surface area contributed by atoms with E-state index in [1.54, 1.807) is 0 Å². The second-order valence-corrected chi connectivity index (χ2v) is 0. The molecule has 0 bridgehead atoms. The Morgan fingerprint density at radius 3 is 0.500 bits per heavy atom. The molecular formula is Na3Zn. The third-order valence-electron chi connectivity index (χ3n) is 0. The average Bonchev–Trinajstić information content (AvgIpc) is 0. The van der Waals surface area contributed by atoms with Gasteiger partial charge in [-0.15, -0.1) is 0 Å². The molecule has 0 amide bonds. The minimum Gasteiger partial charge on any atom is 0 e. The fraction of sp³-hybridized carbons (Fsp3) is 0. The van der Waals surface area contributed by atoms with Crippen LogP contribution in [0.25, 0.3) is 0 Å². The van der Waals surface area contributed by atoms with Crippen LogP contribution in [-0.4, -0.2) is 88.7 Å². The Morgan fingerprint density at radius 1 is 0.500 bits per heavy atom. The van der Waals surface area contributed by atoms with Gasteiger partial charge in [0.25, 0.3) is 0 Å². The second kappa shape index (κ2) is 16.0. The van der Waals surface area contributed by atoms with Crippen LogP contribution in [-0.2, 0) is 19.5 Å². The van der Waals surface area contributed by atoms with Crippen molar-refractivity contribution in [2.45, 2.75) is 0 Å². The number of hydrogen-bond acceptors (Lipinski definition) is 0.